The third-order valence-electron chi connectivity index (χ3n) is 4.84. The number of carbonyl (C=O) groups excluding carboxylic acids is 1. The monoisotopic (exact) mass is 335 g/mol. The summed E-state index contributed by atoms with van der Waals surface area (Å²) in [5.74, 6) is 0.449. The van der Waals surface area contributed by atoms with Crippen LogP contribution >= 0.6 is 0 Å². The van der Waals surface area contributed by atoms with Gasteiger partial charge in [-0.25, -0.2) is 4.39 Å². The Balaban J connectivity index is 2.00. The van der Waals surface area contributed by atoms with Crippen LogP contribution in [0.1, 0.15) is 32.3 Å². The minimum atomic E-state index is -0.185. The molecule has 1 saturated heterocycles. The molecule has 0 aromatic heterocycles. The van der Waals surface area contributed by atoms with Gasteiger partial charge in [-0.05, 0) is 36.6 Å². The zero-order valence-corrected chi connectivity index (χ0v) is 15.1. The fourth-order valence-corrected chi connectivity index (χ4v) is 3.38. The normalized spacial score (nSPS) is 20.1. The van der Waals surface area contributed by atoms with Gasteiger partial charge < -0.3 is 10.2 Å². The van der Waals surface area contributed by atoms with Gasteiger partial charge in [0.25, 0.3) is 0 Å². The van der Waals surface area contributed by atoms with Crippen molar-refractivity contribution in [2.24, 2.45) is 5.92 Å². The fourth-order valence-electron chi connectivity index (χ4n) is 3.38. The molecule has 1 N–H and O–H groups in total. The predicted molar refractivity (Wildman–Crippen MR) is 95.2 cm³/mol. The van der Waals surface area contributed by atoms with Gasteiger partial charge in [0.1, 0.15) is 5.82 Å². The summed E-state index contributed by atoms with van der Waals surface area (Å²) >= 11 is 0. The molecule has 0 aliphatic carbocycles. The summed E-state index contributed by atoms with van der Waals surface area (Å²) in [6.07, 6.45) is 1.65. The number of rotatable bonds is 6. The summed E-state index contributed by atoms with van der Waals surface area (Å²) in [5, 5.41) is 2.69. The van der Waals surface area contributed by atoms with E-state index in [1.165, 1.54) is 12.1 Å². The molecule has 24 heavy (non-hydrogen) atoms. The van der Waals surface area contributed by atoms with E-state index in [-0.39, 0.29) is 11.7 Å². The second-order valence-electron chi connectivity index (χ2n) is 6.99. The molecule has 0 saturated carbocycles. The summed E-state index contributed by atoms with van der Waals surface area (Å²) < 4.78 is 13.1. The van der Waals surface area contributed by atoms with Gasteiger partial charge in [-0.3, -0.25) is 9.69 Å². The molecular formula is C19H30FN3O. The molecule has 1 aliphatic heterocycles. The maximum Gasteiger partial charge on any atom is 0.221 e. The maximum absolute atomic E-state index is 13.1. The second-order valence-corrected chi connectivity index (χ2v) is 6.99. The quantitative estimate of drug-likeness (QED) is 0.868. The van der Waals surface area contributed by atoms with Crippen molar-refractivity contribution < 1.29 is 9.18 Å². The van der Waals surface area contributed by atoms with Gasteiger partial charge in [-0.15, -0.1) is 0 Å². The molecule has 1 aromatic rings. The minimum absolute atomic E-state index is 0.100. The summed E-state index contributed by atoms with van der Waals surface area (Å²) in [6, 6.07) is 7.27. The van der Waals surface area contributed by atoms with Gasteiger partial charge in [-0.1, -0.05) is 26.0 Å². The highest BCUT2D eigenvalue weighted by Crippen LogP contribution is 2.20. The lowest BCUT2D eigenvalue weighted by atomic mass is 10.0. The molecule has 1 fully saturated rings. The van der Waals surface area contributed by atoms with Gasteiger partial charge in [0.2, 0.25) is 5.91 Å². The number of hydrogen-bond acceptors (Lipinski definition) is 3. The standard InChI is InChI=1S/C19H30FN3O/c1-15(2)18-14-22(12-9-19(24)21-3)10-4-11-23(18)13-16-5-7-17(20)8-6-16/h5-8,15,18H,4,9-14H2,1-3H3,(H,21,24)/t18-/m0/s1. The molecule has 1 aromatic carbocycles. The number of amides is 1. The molecular weight excluding hydrogens is 305 g/mol. The van der Waals surface area contributed by atoms with Crippen molar-refractivity contribution in [3.63, 3.8) is 0 Å². The lowest BCUT2D eigenvalue weighted by Gasteiger charge is -2.34. The van der Waals surface area contributed by atoms with Crippen molar-refractivity contribution in [1.29, 1.82) is 0 Å². The molecule has 0 spiro atoms. The van der Waals surface area contributed by atoms with Crippen LogP contribution in [0.15, 0.2) is 24.3 Å². The van der Waals surface area contributed by atoms with E-state index in [1.807, 2.05) is 12.1 Å². The van der Waals surface area contributed by atoms with Crippen molar-refractivity contribution in [2.75, 3.05) is 33.2 Å². The maximum atomic E-state index is 13.1. The summed E-state index contributed by atoms with van der Waals surface area (Å²) in [6.45, 7) is 9.22. The van der Waals surface area contributed by atoms with Gasteiger partial charge >= 0.3 is 0 Å². The third-order valence-corrected chi connectivity index (χ3v) is 4.84. The Morgan fingerprint density at radius 2 is 2.00 bits per heavy atom. The highest BCUT2D eigenvalue weighted by molar-refractivity contribution is 5.75. The first-order valence-corrected chi connectivity index (χ1v) is 8.91. The number of carbonyl (C=O) groups is 1. The van der Waals surface area contributed by atoms with Crippen LogP contribution in [0, 0.1) is 11.7 Å². The average molecular weight is 335 g/mol. The first-order chi connectivity index (χ1) is 11.5. The molecule has 5 heteroatoms. The third kappa shape index (κ3) is 5.56. The molecule has 134 valence electrons. The van der Waals surface area contributed by atoms with E-state index in [4.69, 9.17) is 0 Å². The first-order valence-electron chi connectivity index (χ1n) is 8.91. The zero-order chi connectivity index (χ0) is 17.5. The topological polar surface area (TPSA) is 35.6 Å². The van der Waals surface area contributed by atoms with Crippen LogP contribution in [0.25, 0.3) is 0 Å². The summed E-state index contributed by atoms with van der Waals surface area (Å²) in [4.78, 5) is 16.4. The number of hydrogen-bond donors (Lipinski definition) is 1. The van der Waals surface area contributed by atoms with Crippen LogP contribution in [0.3, 0.4) is 0 Å². The Labute approximate surface area is 145 Å². The van der Waals surface area contributed by atoms with Crippen molar-refractivity contribution in [3.05, 3.63) is 35.6 Å². The van der Waals surface area contributed by atoms with E-state index < -0.39 is 0 Å². The van der Waals surface area contributed by atoms with E-state index in [9.17, 15) is 9.18 Å². The van der Waals surface area contributed by atoms with E-state index in [1.54, 1.807) is 7.05 Å². The Kier molecular flexibility index (Phi) is 7.18. The number of nitrogens with one attached hydrogen (secondary N) is 1. The zero-order valence-electron chi connectivity index (χ0n) is 15.1. The van der Waals surface area contributed by atoms with E-state index >= 15 is 0 Å². The molecule has 1 amide bonds. The van der Waals surface area contributed by atoms with Crippen LogP contribution in [-0.2, 0) is 11.3 Å². The van der Waals surface area contributed by atoms with Crippen LogP contribution in [0.2, 0.25) is 0 Å². The van der Waals surface area contributed by atoms with Gasteiger partial charge in [0.15, 0.2) is 0 Å². The summed E-state index contributed by atoms with van der Waals surface area (Å²) in [7, 11) is 1.69. The fraction of sp³-hybridized carbons (Fsp3) is 0.632. The molecule has 4 nitrogen and oxygen atoms in total. The van der Waals surface area contributed by atoms with Crippen molar-refractivity contribution in [1.82, 2.24) is 15.1 Å². The van der Waals surface area contributed by atoms with Crippen LogP contribution < -0.4 is 5.32 Å². The molecule has 1 atom stereocenters. The molecule has 0 radical (unpaired) electrons. The first kappa shape index (κ1) is 18.9. The Bertz CT molecular complexity index is 518. The molecule has 1 aliphatic rings. The number of halogens is 1. The van der Waals surface area contributed by atoms with Crippen molar-refractivity contribution >= 4 is 5.91 Å². The van der Waals surface area contributed by atoms with Gasteiger partial charge in [0.05, 0.1) is 0 Å². The Morgan fingerprint density at radius 1 is 1.29 bits per heavy atom. The van der Waals surface area contributed by atoms with E-state index in [2.05, 4.69) is 29.0 Å². The highest BCUT2D eigenvalue weighted by atomic mass is 19.1. The predicted octanol–water partition coefficient (Wildman–Crippen LogP) is 2.49. The molecule has 0 unspecified atom stereocenters. The Morgan fingerprint density at radius 3 is 2.62 bits per heavy atom. The molecule has 2 rings (SSSR count). The lowest BCUT2D eigenvalue weighted by Crippen LogP contribution is -2.44. The SMILES string of the molecule is CNC(=O)CCN1CCCN(Cc2ccc(F)cc2)[C@H](C(C)C)C1. The van der Waals surface area contributed by atoms with E-state index in [0.29, 0.717) is 18.4 Å². The van der Waals surface area contributed by atoms with Crippen LogP contribution in [-0.4, -0.2) is 55.0 Å². The van der Waals surface area contributed by atoms with E-state index in [0.717, 1.165) is 44.7 Å². The smallest absolute Gasteiger partial charge is 0.221 e. The molecule has 0 bridgehead atoms. The number of nitrogens with zero attached hydrogens (tertiary/aromatic N) is 2. The minimum Gasteiger partial charge on any atom is -0.359 e. The van der Waals surface area contributed by atoms with Crippen molar-refractivity contribution in [3.8, 4) is 0 Å². The van der Waals surface area contributed by atoms with Crippen LogP contribution in [0.5, 0.6) is 0 Å². The lowest BCUT2D eigenvalue weighted by molar-refractivity contribution is -0.120. The van der Waals surface area contributed by atoms with Crippen LogP contribution in [0.4, 0.5) is 4.39 Å². The van der Waals surface area contributed by atoms with Gasteiger partial charge in [0, 0.05) is 45.7 Å². The van der Waals surface area contributed by atoms with Crippen molar-refractivity contribution in [2.45, 2.75) is 39.3 Å². The Hall–Kier alpha value is -1.46. The highest BCUT2D eigenvalue weighted by Gasteiger charge is 2.27. The number of benzene rings is 1. The largest absolute Gasteiger partial charge is 0.359 e. The second kappa shape index (κ2) is 9.14. The molecule has 1 heterocycles. The average Bonchev–Trinajstić information content (AvgIpc) is 2.77. The van der Waals surface area contributed by atoms with Gasteiger partial charge in [-0.2, -0.15) is 0 Å². The summed E-state index contributed by atoms with van der Waals surface area (Å²) in [5.41, 5.74) is 1.15.